The predicted molar refractivity (Wildman–Crippen MR) is 76.1 cm³/mol. The second-order valence-electron chi connectivity index (χ2n) is 4.17. The van der Waals surface area contributed by atoms with Crippen LogP contribution in [-0.4, -0.2) is 38.1 Å². The molecule has 98 valence electrons. The molecule has 0 aromatic carbocycles. The van der Waals surface area contributed by atoms with E-state index in [1.165, 1.54) is 45.3 Å². The number of unbranched alkanes of at least 4 members (excludes halogenated alkanes) is 2. The maximum absolute atomic E-state index is 3.45. The van der Waals surface area contributed by atoms with Gasteiger partial charge in [-0.2, -0.15) is 0 Å². The maximum Gasteiger partial charge on any atom is 0.0104 e. The Morgan fingerprint density at radius 3 is 2.12 bits per heavy atom. The largest absolute Gasteiger partial charge is 0.315 e. The van der Waals surface area contributed by atoms with E-state index in [9.17, 15) is 0 Å². The Morgan fingerprint density at radius 1 is 1.06 bits per heavy atom. The lowest BCUT2D eigenvalue weighted by Gasteiger charge is -2.16. The van der Waals surface area contributed by atoms with Crippen molar-refractivity contribution < 1.29 is 0 Å². The number of hydrogen-bond donors (Lipinski definition) is 1. The summed E-state index contributed by atoms with van der Waals surface area (Å²) in [7, 11) is 2.21. The summed E-state index contributed by atoms with van der Waals surface area (Å²) in [5, 5.41) is 3.45. The third-order valence-corrected chi connectivity index (χ3v) is 2.27. The van der Waals surface area contributed by atoms with Crippen LogP contribution in [0.5, 0.6) is 0 Å². The molecule has 2 nitrogen and oxygen atoms in total. The Morgan fingerprint density at radius 2 is 1.62 bits per heavy atom. The number of nitrogens with zero attached hydrogens (tertiary/aromatic N) is 1. The van der Waals surface area contributed by atoms with Gasteiger partial charge in [0.2, 0.25) is 0 Å². The van der Waals surface area contributed by atoms with E-state index in [4.69, 9.17) is 0 Å². The standard InChI is InChI=1S/C11H26N2.C3H6/c1-4-6-8-12-9-11-13(3)10-7-5-2;1-3-2/h12H,4-11H2,1-3H3;3H,1H2,2H3. The van der Waals surface area contributed by atoms with Crippen molar-refractivity contribution in [3.8, 4) is 0 Å². The first-order valence-corrected chi connectivity index (χ1v) is 6.69. The van der Waals surface area contributed by atoms with Crippen LogP contribution in [0.25, 0.3) is 0 Å². The molecule has 0 saturated heterocycles. The van der Waals surface area contributed by atoms with Gasteiger partial charge >= 0.3 is 0 Å². The highest BCUT2D eigenvalue weighted by Crippen LogP contribution is 1.90. The van der Waals surface area contributed by atoms with Gasteiger partial charge in [0.1, 0.15) is 0 Å². The lowest BCUT2D eigenvalue weighted by molar-refractivity contribution is 0.325. The molecule has 16 heavy (non-hydrogen) atoms. The summed E-state index contributed by atoms with van der Waals surface area (Å²) < 4.78 is 0. The van der Waals surface area contributed by atoms with Crippen LogP contribution in [0.1, 0.15) is 46.5 Å². The van der Waals surface area contributed by atoms with E-state index in [0.717, 1.165) is 6.54 Å². The molecule has 0 aromatic heterocycles. The van der Waals surface area contributed by atoms with Crippen molar-refractivity contribution in [3.05, 3.63) is 12.7 Å². The van der Waals surface area contributed by atoms with Crippen LogP contribution in [0, 0.1) is 0 Å². The maximum atomic E-state index is 3.45. The van der Waals surface area contributed by atoms with Crippen molar-refractivity contribution >= 4 is 0 Å². The minimum atomic E-state index is 1.14. The fourth-order valence-electron chi connectivity index (χ4n) is 1.24. The van der Waals surface area contributed by atoms with Crippen LogP contribution in [0.4, 0.5) is 0 Å². The molecule has 0 amide bonds. The van der Waals surface area contributed by atoms with Gasteiger partial charge in [0.15, 0.2) is 0 Å². The summed E-state index contributed by atoms with van der Waals surface area (Å²) in [6.07, 6.45) is 6.97. The van der Waals surface area contributed by atoms with E-state index < -0.39 is 0 Å². The summed E-state index contributed by atoms with van der Waals surface area (Å²) in [4.78, 5) is 2.41. The van der Waals surface area contributed by atoms with Crippen LogP contribution < -0.4 is 5.32 Å². The zero-order chi connectivity index (χ0) is 12.6. The van der Waals surface area contributed by atoms with E-state index in [1.54, 1.807) is 6.08 Å². The van der Waals surface area contributed by atoms with Gasteiger partial charge in [0.25, 0.3) is 0 Å². The van der Waals surface area contributed by atoms with Gasteiger partial charge in [-0.15, -0.1) is 6.58 Å². The summed E-state index contributed by atoms with van der Waals surface area (Å²) in [6.45, 7) is 14.5. The normalized spacial score (nSPS) is 9.81. The van der Waals surface area contributed by atoms with Crippen LogP contribution in [0.3, 0.4) is 0 Å². The zero-order valence-corrected chi connectivity index (χ0v) is 11.9. The molecule has 0 aliphatic carbocycles. The SMILES string of the molecule is C=CC.CCCCNCCN(C)CCCC. The molecular weight excluding hydrogens is 196 g/mol. The Kier molecular flexibility index (Phi) is 19.2. The van der Waals surface area contributed by atoms with E-state index >= 15 is 0 Å². The van der Waals surface area contributed by atoms with Crippen molar-refractivity contribution in [1.82, 2.24) is 10.2 Å². The van der Waals surface area contributed by atoms with Gasteiger partial charge in [0, 0.05) is 13.1 Å². The summed E-state index contributed by atoms with van der Waals surface area (Å²) in [5.74, 6) is 0. The number of likely N-dealkylation sites (N-methyl/N-ethyl adjacent to an activating group) is 1. The van der Waals surface area contributed by atoms with Gasteiger partial charge in [-0.25, -0.2) is 0 Å². The molecule has 0 aliphatic heterocycles. The monoisotopic (exact) mass is 228 g/mol. The lowest BCUT2D eigenvalue weighted by atomic mass is 10.3. The van der Waals surface area contributed by atoms with Crippen LogP contribution in [0.2, 0.25) is 0 Å². The summed E-state index contributed by atoms with van der Waals surface area (Å²) >= 11 is 0. The Labute approximate surface area is 103 Å². The number of allylic oxidation sites excluding steroid dienone is 1. The zero-order valence-electron chi connectivity index (χ0n) is 11.9. The molecule has 0 heterocycles. The Balaban J connectivity index is 0. The van der Waals surface area contributed by atoms with Crippen LogP contribution >= 0.6 is 0 Å². The highest BCUT2D eigenvalue weighted by molar-refractivity contribution is 4.54. The second-order valence-corrected chi connectivity index (χ2v) is 4.17. The van der Waals surface area contributed by atoms with Crippen molar-refractivity contribution in [2.75, 3.05) is 33.2 Å². The van der Waals surface area contributed by atoms with E-state index in [-0.39, 0.29) is 0 Å². The second kappa shape index (κ2) is 17.1. The van der Waals surface area contributed by atoms with Gasteiger partial charge in [-0.3, -0.25) is 0 Å². The number of nitrogens with one attached hydrogen (secondary N) is 1. The highest BCUT2D eigenvalue weighted by atomic mass is 15.1. The fraction of sp³-hybridized carbons (Fsp3) is 0.857. The summed E-state index contributed by atoms with van der Waals surface area (Å²) in [6, 6.07) is 0. The smallest absolute Gasteiger partial charge is 0.0104 e. The molecular formula is C14H32N2. The molecule has 0 aromatic rings. The fourth-order valence-corrected chi connectivity index (χ4v) is 1.24. The highest BCUT2D eigenvalue weighted by Gasteiger charge is 1.95. The average molecular weight is 228 g/mol. The molecule has 0 fully saturated rings. The van der Waals surface area contributed by atoms with E-state index in [0.29, 0.717) is 0 Å². The Bertz CT molecular complexity index is 124. The van der Waals surface area contributed by atoms with Gasteiger partial charge in [0.05, 0.1) is 0 Å². The predicted octanol–water partition coefficient (Wildman–Crippen LogP) is 3.30. The number of rotatable bonds is 9. The molecule has 2 heteroatoms. The first-order chi connectivity index (χ1) is 7.72. The molecule has 0 bridgehead atoms. The molecule has 1 N–H and O–H groups in total. The average Bonchev–Trinajstić information content (AvgIpc) is 2.27. The van der Waals surface area contributed by atoms with Crippen molar-refractivity contribution in [2.45, 2.75) is 46.5 Å². The minimum absolute atomic E-state index is 1.14. The third kappa shape index (κ3) is 19.3. The first kappa shape index (κ1) is 18.0. The molecule has 0 saturated carbocycles. The minimum Gasteiger partial charge on any atom is -0.315 e. The molecule has 0 atom stereocenters. The summed E-state index contributed by atoms with van der Waals surface area (Å²) in [5.41, 5.74) is 0. The molecule has 0 spiro atoms. The van der Waals surface area contributed by atoms with Gasteiger partial charge in [-0.05, 0) is 39.9 Å². The van der Waals surface area contributed by atoms with Crippen LogP contribution in [0.15, 0.2) is 12.7 Å². The molecule has 0 rings (SSSR count). The topological polar surface area (TPSA) is 15.3 Å². The first-order valence-electron chi connectivity index (χ1n) is 6.69. The molecule has 0 unspecified atom stereocenters. The lowest BCUT2D eigenvalue weighted by Crippen LogP contribution is -2.30. The van der Waals surface area contributed by atoms with E-state index in [2.05, 4.69) is 37.7 Å². The molecule has 0 radical (unpaired) electrons. The van der Waals surface area contributed by atoms with Crippen molar-refractivity contribution in [2.24, 2.45) is 0 Å². The van der Waals surface area contributed by atoms with Gasteiger partial charge in [-0.1, -0.05) is 32.8 Å². The third-order valence-electron chi connectivity index (χ3n) is 2.27. The molecule has 0 aliphatic rings. The van der Waals surface area contributed by atoms with Gasteiger partial charge < -0.3 is 10.2 Å². The van der Waals surface area contributed by atoms with Crippen LogP contribution in [-0.2, 0) is 0 Å². The quantitative estimate of drug-likeness (QED) is 0.481. The van der Waals surface area contributed by atoms with E-state index in [1.807, 2.05) is 6.92 Å². The number of hydrogen-bond acceptors (Lipinski definition) is 2. The van der Waals surface area contributed by atoms with Crippen molar-refractivity contribution in [3.63, 3.8) is 0 Å². The van der Waals surface area contributed by atoms with Crippen molar-refractivity contribution in [1.29, 1.82) is 0 Å². The Hall–Kier alpha value is -0.340.